The third-order valence-electron chi connectivity index (χ3n) is 4.45. The van der Waals surface area contributed by atoms with E-state index in [0.29, 0.717) is 0 Å². The number of nitriles is 1. The molecule has 0 atom stereocenters. The highest BCUT2D eigenvalue weighted by molar-refractivity contribution is 7.98. The average molecular weight is 289 g/mol. The van der Waals surface area contributed by atoms with Crippen molar-refractivity contribution in [2.75, 3.05) is 32.2 Å². The first-order valence-corrected chi connectivity index (χ1v) is 8.34. The molecule has 0 aromatic heterocycles. The average Bonchev–Trinajstić information content (AvgIpc) is 2.94. The van der Waals surface area contributed by atoms with Gasteiger partial charge < -0.3 is 10.2 Å². The Morgan fingerprint density at radius 1 is 1.35 bits per heavy atom. The molecule has 0 unspecified atom stereocenters. The predicted octanol–water partition coefficient (Wildman–Crippen LogP) is 3.57. The Morgan fingerprint density at radius 3 is 2.60 bits per heavy atom. The van der Waals surface area contributed by atoms with Crippen molar-refractivity contribution in [2.24, 2.45) is 0 Å². The zero-order valence-corrected chi connectivity index (χ0v) is 13.4. The minimum absolute atomic E-state index is 0.238. The van der Waals surface area contributed by atoms with E-state index in [9.17, 15) is 5.26 Å². The summed E-state index contributed by atoms with van der Waals surface area (Å²) in [6.07, 6.45) is 7.08. The van der Waals surface area contributed by atoms with Gasteiger partial charge in [-0.05, 0) is 45.3 Å². The Labute approximate surface area is 126 Å². The summed E-state index contributed by atoms with van der Waals surface area (Å²) < 4.78 is 0. The molecule has 1 aromatic carbocycles. The van der Waals surface area contributed by atoms with Gasteiger partial charge in [-0.25, -0.2) is 0 Å². The Kier molecular flexibility index (Phi) is 4.95. The summed E-state index contributed by atoms with van der Waals surface area (Å²) in [5.41, 5.74) is 1.97. The number of nitrogens with zero attached hydrogens (tertiary/aromatic N) is 2. The predicted molar refractivity (Wildman–Crippen MR) is 86.3 cm³/mol. The quantitative estimate of drug-likeness (QED) is 0.841. The second-order valence-electron chi connectivity index (χ2n) is 5.67. The number of hydrogen-bond acceptors (Lipinski definition) is 4. The molecule has 4 heteroatoms. The molecular weight excluding hydrogens is 266 g/mol. The van der Waals surface area contributed by atoms with E-state index in [2.05, 4.69) is 30.4 Å². The molecule has 1 saturated carbocycles. The third-order valence-corrected chi connectivity index (χ3v) is 5.23. The second kappa shape index (κ2) is 6.51. The maximum Gasteiger partial charge on any atom is 0.102 e. The minimum atomic E-state index is 0.238. The lowest BCUT2D eigenvalue weighted by Crippen LogP contribution is -2.47. The molecule has 0 saturated heterocycles. The van der Waals surface area contributed by atoms with Crippen LogP contribution in [0.15, 0.2) is 23.1 Å². The van der Waals surface area contributed by atoms with Gasteiger partial charge in [-0.3, -0.25) is 0 Å². The molecule has 0 heterocycles. The van der Waals surface area contributed by atoms with Crippen molar-refractivity contribution in [3.05, 3.63) is 23.8 Å². The van der Waals surface area contributed by atoms with Crippen LogP contribution < -0.4 is 5.32 Å². The fourth-order valence-corrected chi connectivity index (χ4v) is 3.61. The third kappa shape index (κ3) is 2.94. The van der Waals surface area contributed by atoms with E-state index >= 15 is 0 Å². The lowest BCUT2D eigenvalue weighted by molar-refractivity contribution is 0.172. The summed E-state index contributed by atoms with van der Waals surface area (Å²) in [5.74, 6) is 0. The summed E-state index contributed by atoms with van der Waals surface area (Å²) in [6, 6.07) is 8.37. The lowest BCUT2D eigenvalue weighted by atomic mass is 9.95. The number of likely N-dealkylation sites (N-methyl/N-ethyl adjacent to an activating group) is 1. The van der Waals surface area contributed by atoms with Crippen LogP contribution in [0.3, 0.4) is 0 Å². The molecule has 0 aliphatic heterocycles. The normalized spacial score (nSPS) is 17.1. The van der Waals surface area contributed by atoms with Crippen LogP contribution in [0.4, 0.5) is 5.69 Å². The summed E-state index contributed by atoms with van der Waals surface area (Å²) in [4.78, 5) is 3.39. The first-order valence-electron chi connectivity index (χ1n) is 7.11. The Morgan fingerprint density at radius 2 is 2.05 bits per heavy atom. The molecule has 0 radical (unpaired) electrons. The monoisotopic (exact) mass is 289 g/mol. The summed E-state index contributed by atoms with van der Waals surface area (Å²) in [7, 11) is 4.33. The van der Waals surface area contributed by atoms with Gasteiger partial charge in [0.25, 0.3) is 0 Å². The molecule has 20 heavy (non-hydrogen) atoms. The van der Waals surface area contributed by atoms with E-state index in [4.69, 9.17) is 0 Å². The first kappa shape index (κ1) is 15.2. The topological polar surface area (TPSA) is 39.1 Å². The van der Waals surface area contributed by atoms with Crippen molar-refractivity contribution in [3.8, 4) is 6.07 Å². The second-order valence-corrected chi connectivity index (χ2v) is 6.52. The van der Waals surface area contributed by atoms with Crippen molar-refractivity contribution in [1.82, 2.24) is 4.90 Å². The van der Waals surface area contributed by atoms with Gasteiger partial charge in [0.1, 0.15) is 6.07 Å². The Bertz CT molecular complexity index is 499. The van der Waals surface area contributed by atoms with Gasteiger partial charge in [-0.15, -0.1) is 11.8 Å². The first-order chi connectivity index (χ1) is 9.63. The van der Waals surface area contributed by atoms with E-state index < -0.39 is 0 Å². The van der Waals surface area contributed by atoms with Gasteiger partial charge in [0.15, 0.2) is 0 Å². The summed E-state index contributed by atoms with van der Waals surface area (Å²) in [6.45, 7) is 0.909. The van der Waals surface area contributed by atoms with E-state index in [0.717, 1.165) is 22.7 Å². The van der Waals surface area contributed by atoms with Gasteiger partial charge in [0, 0.05) is 17.0 Å². The molecule has 1 aliphatic rings. The van der Waals surface area contributed by atoms with Crippen molar-refractivity contribution >= 4 is 17.4 Å². The highest BCUT2D eigenvalue weighted by Crippen LogP contribution is 2.34. The van der Waals surface area contributed by atoms with E-state index in [1.807, 2.05) is 24.5 Å². The molecule has 0 amide bonds. The largest absolute Gasteiger partial charge is 0.382 e. The molecule has 0 spiro atoms. The molecule has 1 aromatic rings. The number of nitrogens with one attached hydrogen (secondary N) is 1. The van der Waals surface area contributed by atoms with Crippen molar-refractivity contribution in [2.45, 2.75) is 36.1 Å². The number of rotatable bonds is 5. The summed E-state index contributed by atoms with van der Waals surface area (Å²) in [5, 5.41) is 12.9. The van der Waals surface area contributed by atoms with Gasteiger partial charge in [0.2, 0.25) is 0 Å². The number of hydrogen-bond donors (Lipinski definition) is 1. The van der Waals surface area contributed by atoms with E-state index in [1.54, 1.807) is 11.8 Å². The fourth-order valence-electron chi connectivity index (χ4n) is 3.04. The van der Waals surface area contributed by atoms with Crippen LogP contribution in [0.2, 0.25) is 0 Å². The van der Waals surface area contributed by atoms with Crippen LogP contribution in [0.5, 0.6) is 0 Å². The highest BCUT2D eigenvalue weighted by atomic mass is 32.2. The molecule has 3 nitrogen and oxygen atoms in total. The van der Waals surface area contributed by atoms with Gasteiger partial charge in [-0.1, -0.05) is 18.9 Å². The minimum Gasteiger partial charge on any atom is -0.382 e. The molecule has 108 valence electrons. The SMILES string of the molecule is CSc1cccc(NCC2(N(C)C)CCCC2)c1C#N. The van der Waals surface area contributed by atoms with Gasteiger partial charge in [0.05, 0.1) is 11.3 Å². The number of anilines is 1. The molecular formula is C16H23N3S. The van der Waals surface area contributed by atoms with Crippen LogP contribution in [0.25, 0.3) is 0 Å². The smallest absolute Gasteiger partial charge is 0.102 e. The molecule has 1 N–H and O–H groups in total. The van der Waals surface area contributed by atoms with E-state index in [-0.39, 0.29) is 5.54 Å². The fraction of sp³-hybridized carbons (Fsp3) is 0.562. The zero-order valence-electron chi connectivity index (χ0n) is 12.6. The molecule has 0 bridgehead atoms. The maximum atomic E-state index is 9.38. The van der Waals surface area contributed by atoms with Crippen LogP contribution in [-0.4, -0.2) is 37.3 Å². The van der Waals surface area contributed by atoms with E-state index in [1.165, 1.54) is 25.7 Å². The van der Waals surface area contributed by atoms with Crippen LogP contribution in [0, 0.1) is 11.3 Å². The molecule has 1 aliphatic carbocycles. The number of thioether (sulfide) groups is 1. The Balaban J connectivity index is 2.17. The van der Waals surface area contributed by atoms with Gasteiger partial charge in [-0.2, -0.15) is 5.26 Å². The zero-order chi connectivity index (χ0) is 14.6. The maximum absolute atomic E-state index is 9.38. The standard InChI is InChI=1S/C16H23N3S/c1-19(2)16(9-4-5-10-16)12-18-14-7-6-8-15(20-3)13(14)11-17/h6-8,18H,4-5,9-10,12H2,1-3H3. The highest BCUT2D eigenvalue weighted by Gasteiger charge is 2.35. The van der Waals surface area contributed by atoms with Crippen molar-refractivity contribution in [1.29, 1.82) is 5.26 Å². The lowest BCUT2D eigenvalue weighted by Gasteiger charge is -2.37. The van der Waals surface area contributed by atoms with Crippen molar-refractivity contribution in [3.63, 3.8) is 0 Å². The summed E-state index contributed by atoms with van der Waals surface area (Å²) >= 11 is 1.62. The molecule has 2 rings (SSSR count). The van der Waals surface area contributed by atoms with Gasteiger partial charge >= 0.3 is 0 Å². The van der Waals surface area contributed by atoms with Crippen LogP contribution >= 0.6 is 11.8 Å². The number of benzene rings is 1. The molecule has 1 fully saturated rings. The van der Waals surface area contributed by atoms with Crippen LogP contribution in [0.1, 0.15) is 31.2 Å². The van der Waals surface area contributed by atoms with Crippen molar-refractivity contribution < 1.29 is 0 Å². The van der Waals surface area contributed by atoms with Crippen LogP contribution in [-0.2, 0) is 0 Å². The Hall–Kier alpha value is -1.18.